The summed E-state index contributed by atoms with van der Waals surface area (Å²) in [5.74, 6) is 0. The van der Waals surface area contributed by atoms with E-state index in [1.807, 2.05) is 0 Å². The van der Waals surface area contributed by atoms with Crippen LogP contribution in [0, 0.1) is 0 Å². The summed E-state index contributed by atoms with van der Waals surface area (Å²) in [6.07, 6.45) is 0. The van der Waals surface area contributed by atoms with Crippen molar-refractivity contribution in [1.29, 1.82) is 0 Å². The lowest BCUT2D eigenvalue weighted by molar-refractivity contribution is 0.669. The Morgan fingerprint density at radius 2 is 0.844 bits per heavy atom. The smallest absolute Gasteiger partial charge is 0.136 e. The topological polar surface area (TPSA) is 13.1 Å². The van der Waals surface area contributed by atoms with Gasteiger partial charge in [-0.1, -0.05) is 145 Å². The van der Waals surface area contributed by atoms with Crippen LogP contribution in [-0.2, 0) is 0 Å². The molecule has 9 rings (SSSR count). The van der Waals surface area contributed by atoms with Gasteiger partial charge in [0.05, 0.1) is 38.4 Å². The van der Waals surface area contributed by atoms with Crippen LogP contribution >= 0.6 is 0 Å². The molecule has 210 valence electrons. The molecule has 9 aromatic rings. The van der Waals surface area contributed by atoms with Crippen molar-refractivity contribution >= 4 is 43.5 Å². The number of hydrogen-bond donors (Lipinski definition) is 0. The Bertz CT molecular complexity index is 3980. The van der Waals surface area contributed by atoms with E-state index in [0.29, 0.717) is 0 Å². The fourth-order valence-electron chi connectivity index (χ4n) is 5.20. The molecule has 8 aromatic carbocycles. The normalized spacial score (nSPS) is 20.3. The van der Waals surface area contributed by atoms with Crippen molar-refractivity contribution in [2.75, 3.05) is 0 Å². The van der Waals surface area contributed by atoms with Gasteiger partial charge in [-0.15, -0.1) is 0 Å². The lowest BCUT2D eigenvalue weighted by Crippen LogP contribution is -1.92. The number of furan rings is 1. The van der Waals surface area contributed by atoms with Gasteiger partial charge in [-0.3, -0.25) is 0 Å². The van der Waals surface area contributed by atoms with Crippen LogP contribution in [0.1, 0.15) is 38.4 Å². The minimum atomic E-state index is -1.06. The highest BCUT2D eigenvalue weighted by Gasteiger charge is 2.19. The van der Waals surface area contributed by atoms with Crippen molar-refractivity contribution in [2.24, 2.45) is 0 Å². The monoisotopic (exact) mass is 600 g/mol. The molecule has 1 heterocycles. The lowest BCUT2D eigenvalue weighted by Gasteiger charge is -2.19. The summed E-state index contributed by atoms with van der Waals surface area (Å²) < 4.78 is 255. The van der Waals surface area contributed by atoms with Crippen LogP contribution in [0.4, 0.5) is 0 Å². The summed E-state index contributed by atoms with van der Waals surface area (Å²) in [4.78, 5) is 0. The fourth-order valence-corrected chi connectivity index (χ4v) is 5.20. The third-order valence-electron chi connectivity index (χ3n) is 7.07. The van der Waals surface area contributed by atoms with Gasteiger partial charge in [0.2, 0.25) is 0 Å². The predicted molar refractivity (Wildman–Crippen MR) is 190 cm³/mol. The Morgan fingerprint density at radius 1 is 0.311 bits per heavy atom. The molecule has 0 bridgehead atoms. The predicted octanol–water partition coefficient (Wildman–Crippen LogP) is 12.6. The van der Waals surface area contributed by atoms with Crippen LogP contribution in [0.25, 0.3) is 88.0 Å². The third-order valence-corrected chi connectivity index (χ3v) is 7.07. The van der Waals surface area contributed by atoms with Crippen molar-refractivity contribution < 1.29 is 42.8 Å². The molecular weight excluding hydrogens is 544 g/mol. The second-order valence-corrected chi connectivity index (χ2v) is 9.51. The van der Waals surface area contributed by atoms with E-state index in [2.05, 4.69) is 0 Å². The number of benzene rings is 8. The van der Waals surface area contributed by atoms with Crippen molar-refractivity contribution in [3.63, 3.8) is 0 Å². The van der Waals surface area contributed by atoms with E-state index in [0.717, 1.165) is 0 Å². The van der Waals surface area contributed by atoms with Gasteiger partial charge < -0.3 is 4.42 Å². The Hall–Kier alpha value is -5.92. The quantitative estimate of drug-likeness (QED) is 0.183. The largest absolute Gasteiger partial charge is 0.456 e. The molecule has 0 fully saturated rings. The molecule has 0 saturated heterocycles. The molecule has 0 saturated carbocycles. The van der Waals surface area contributed by atoms with Crippen molar-refractivity contribution in [3.8, 4) is 44.5 Å². The highest BCUT2D eigenvalue weighted by molar-refractivity contribution is 6.23. The minimum absolute atomic E-state index is 0.524. The molecule has 0 unspecified atom stereocenters. The molecule has 45 heavy (non-hydrogen) atoms. The first-order chi connectivity index (χ1) is 34.0. The maximum absolute atomic E-state index is 9.71. The van der Waals surface area contributed by atoms with E-state index in [4.69, 9.17) is 30.5 Å². The lowest BCUT2D eigenvalue weighted by atomic mass is 9.84. The summed E-state index contributed by atoms with van der Waals surface area (Å²) in [6.45, 7) is 0. The molecule has 0 aliphatic heterocycles. The number of hydrogen-bond acceptors (Lipinski definition) is 1. The van der Waals surface area contributed by atoms with Gasteiger partial charge >= 0.3 is 0 Å². The SMILES string of the molecule is [2H]c1c([2H])c([2H])c(-c2c([2H])c([2H])c([2H])c([2H])c2-c2c3c([2H])c([2H])c([2H])c([2H])c3c(-c3c([2H])c([2H])c4c(oc5c([2H])c([2H])c(-c6c([2H])c([2H])c([2H])c([2H])c6[2H])c([2H])c54)c3[2H])c3c([2H])c([2H])c([2H])c([2H])c23)c([2H])c1[2H]. The molecule has 0 aliphatic carbocycles. The van der Waals surface area contributed by atoms with Gasteiger partial charge in [-0.2, -0.15) is 0 Å². The van der Waals surface area contributed by atoms with Crippen molar-refractivity contribution in [1.82, 2.24) is 0 Å². The van der Waals surface area contributed by atoms with Crippen LogP contribution < -0.4 is 0 Å². The van der Waals surface area contributed by atoms with E-state index in [-0.39, 0.29) is 0 Å². The highest BCUT2D eigenvalue weighted by Crippen LogP contribution is 2.46. The van der Waals surface area contributed by atoms with Crippen LogP contribution in [0.3, 0.4) is 0 Å². The zero-order valence-electron chi connectivity index (χ0n) is 50.4. The van der Waals surface area contributed by atoms with Gasteiger partial charge in [-0.25, -0.2) is 0 Å². The van der Waals surface area contributed by atoms with E-state index in [1.165, 1.54) is 0 Å². The molecule has 0 spiro atoms. The molecule has 1 nitrogen and oxygen atoms in total. The molecule has 0 amide bonds. The summed E-state index contributed by atoms with van der Waals surface area (Å²) >= 11 is 0. The first-order valence-corrected chi connectivity index (χ1v) is 13.2. The Kier molecular flexibility index (Phi) is 2.32. The van der Waals surface area contributed by atoms with E-state index < -0.39 is 257 Å². The maximum atomic E-state index is 9.71. The van der Waals surface area contributed by atoms with Crippen LogP contribution in [0.5, 0.6) is 0 Å². The maximum Gasteiger partial charge on any atom is 0.136 e. The molecule has 0 aliphatic rings. The Labute approximate surface area is 301 Å². The first-order valence-electron chi connectivity index (χ1n) is 27.2. The zero-order valence-corrected chi connectivity index (χ0v) is 22.4. The summed E-state index contributed by atoms with van der Waals surface area (Å²) in [7, 11) is 0. The molecular formula is C44H28O. The van der Waals surface area contributed by atoms with Crippen LogP contribution in [0.15, 0.2) is 174 Å². The molecule has 1 aromatic heterocycles. The fraction of sp³-hybridized carbons (Fsp3) is 0. The highest BCUT2D eigenvalue weighted by atomic mass is 16.3. The third kappa shape index (κ3) is 4.17. The van der Waals surface area contributed by atoms with Gasteiger partial charge in [0, 0.05) is 10.8 Å². The zero-order chi connectivity index (χ0) is 54.1. The van der Waals surface area contributed by atoms with Gasteiger partial charge in [-0.05, 0) is 90.2 Å². The van der Waals surface area contributed by atoms with E-state index >= 15 is 0 Å². The average molecular weight is 601 g/mol. The molecule has 0 atom stereocenters. The standard InChI is InChI=1S/C44H28O/c1-3-13-29(14-4-1)31-24-26-41-40(27-31)34-25-23-32(28-42(34)45-41)43-36-19-9-11-21-38(36)44(39-22-12-10-20-37(39)43)35-18-8-7-17-33(35)30-15-5-2-6-16-30/h1-28H/i1D,2D,3D,4D,5D,6D,7D,8D,9D,10D,11D,12D,13D,14D,15D,16D,17D,18D,19D,20D,21D,22D,23D,24D,25D,26D,27D,28D. The number of rotatable bonds is 4. The summed E-state index contributed by atoms with van der Waals surface area (Å²) in [5, 5.41) is -4.18. The second-order valence-electron chi connectivity index (χ2n) is 9.51. The van der Waals surface area contributed by atoms with E-state index in [9.17, 15) is 12.3 Å². The molecule has 0 N–H and O–H groups in total. The summed E-state index contributed by atoms with van der Waals surface area (Å²) in [6, 6.07) is -26.8. The second kappa shape index (κ2) is 10.4. The van der Waals surface area contributed by atoms with E-state index in [1.54, 1.807) is 0 Å². The van der Waals surface area contributed by atoms with Crippen LogP contribution in [0.2, 0.25) is 0 Å². The van der Waals surface area contributed by atoms with Crippen LogP contribution in [-0.4, -0.2) is 0 Å². The Balaban J connectivity index is 1.57. The number of fused-ring (bicyclic) bond motifs is 5. The molecule has 0 radical (unpaired) electrons. The Morgan fingerprint density at radius 3 is 1.51 bits per heavy atom. The van der Waals surface area contributed by atoms with Gasteiger partial charge in [0.1, 0.15) is 11.2 Å². The van der Waals surface area contributed by atoms with Gasteiger partial charge in [0.25, 0.3) is 0 Å². The molecule has 1 heteroatoms. The van der Waals surface area contributed by atoms with Crippen molar-refractivity contribution in [3.05, 3.63) is 169 Å². The minimum Gasteiger partial charge on any atom is -0.456 e. The average Bonchev–Trinajstić information content (AvgIpc) is 3.78. The van der Waals surface area contributed by atoms with Crippen molar-refractivity contribution in [2.45, 2.75) is 0 Å². The first kappa shape index (κ1) is 10.1. The summed E-state index contributed by atoms with van der Waals surface area (Å²) in [5.41, 5.74) is -7.56. The van der Waals surface area contributed by atoms with Gasteiger partial charge in [0.15, 0.2) is 0 Å².